The summed E-state index contributed by atoms with van der Waals surface area (Å²) in [6.07, 6.45) is 0. The Morgan fingerprint density at radius 3 is 1.49 bits per heavy atom. The number of fused-ring (bicyclic) bond motifs is 8. The Morgan fingerprint density at radius 1 is 0.415 bits per heavy atom. The summed E-state index contributed by atoms with van der Waals surface area (Å²) in [6.45, 7) is 0. The molecule has 2 heterocycles. The molecule has 2 aliphatic heterocycles. The van der Waals surface area contributed by atoms with E-state index in [0.717, 1.165) is 50.2 Å². The quantitative estimate of drug-likeness (QED) is 0.203. The first kappa shape index (κ1) is 22.9. The van der Waals surface area contributed by atoms with Crippen LogP contribution in [-0.4, -0.2) is 0 Å². The Morgan fingerprint density at radius 2 is 0.902 bits per heavy atom. The van der Waals surface area contributed by atoms with Gasteiger partial charge in [-0.15, -0.1) is 0 Å². The summed E-state index contributed by atoms with van der Waals surface area (Å²) in [7, 11) is -0.880. The summed E-state index contributed by atoms with van der Waals surface area (Å²) >= 11 is 0. The average Bonchev–Trinajstić information content (AvgIpc) is 3.04. The van der Waals surface area contributed by atoms with Crippen molar-refractivity contribution in [2.75, 3.05) is 0 Å². The molecule has 0 saturated carbocycles. The molecule has 7 aromatic rings. The summed E-state index contributed by atoms with van der Waals surface area (Å²) in [5.41, 5.74) is 4.61. The van der Waals surface area contributed by atoms with Crippen molar-refractivity contribution in [1.29, 1.82) is 0 Å². The fourth-order valence-electron chi connectivity index (χ4n) is 6.34. The third kappa shape index (κ3) is 3.41. The van der Waals surface area contributed by atoms with Gasteiger partial charge in [0.15, 0.2) is 0 Å². The summed E-state index contributed by atoms with van der Waals surface area (Å²) < 4.78 is 13.8. The normalized spacial score (nSPS) is 13.2. The van der Waals surface area contributed by atoms with E-state index in [-0.39, 0.29) is 0 Å². The highest BCUT2D eigenvalue weighted by molar-refractivity contribution is 7.80. The van der Waals surface area contributed by atoms with Crippen LogP contribution in [0.1, 0.15) is 0 Å². The first-order chi connectivity index (χ1) is 20.3. The molecule has 192 valence electrons. The third-order valence-corrected chi connectivity index (χ3v) is 10.8. The lowest BCUT2D eigenvalue weighted by Gasteiger charge is -2.36. The Bertz CT molecular complexity index is 2060. The van der Waals surface area contributed by atoms with Crippen molar-refractivity contribution in [3.63, 3.8) is 0 Å². The first-order valence-corrected chi connectivity index (χ1v) is 15.2. The molecule has 2 nitrogen and oxygen atoms in total. The Balaban J connectivity index is 1.34. The van der Waals surface area contributed by atoms with Gasteiger partial charge < -0.3 is 9.47 Å². The van der Waals surface area contributed by atoms with Gasteiger partial charge in [0.1, 0.15) is 23.0 Å². The molecule has 0 spiro atoms. The van der Waals surface area contributed by atoms with Crippen LogP contribution in [0, 0.1) is 0 Å². The fraction of sp³-hybridized carbons (Fsp3) is 0. The average molecular weight is 543 g/mol. The van der Waals surface area contributed by atoms with Crippen molar-refractivity contribution >= 4 is 45.4 Å². The molecular formula is C38H23O2P. The van der Waals surface area contributed by atoms with Crippen LogP contribution in [0.25, 0.3) is 43.8 Å². The van der Waals surface area contributed by atoms with Crippen molar-refractivity contribution < 1.29 is 9.47 Å². The minimum absolute atomic E-state index is 0.880. The number of ether oxygens (including phenoxy) is 2. The van der Waals surface area contributed by atoms with Gasteiger partial charge in [-0.05, 0) is 57.3 Å². The van der Waals surface area contributed by atoms with Gasteiger partial charge in [0.05, 0.1) is 5.30 Å². The maximum Gasteiger partial charge on any atom is 0.143 e. The summed E-state index contributed by atoms with van der Waals surface area (Å²) in [5, 5.41) is 8.29. The summed E-state index contributed by atoms with van der Waals surface area (Å²) in [4.78, 5) is 0. The highest BCUT2D eigenvalue weighted by Crippen LogP contribution is 2.56. The molecule has 0 unspecified atom stereocenters. The van der Waals surface area contributed by atoms with Crippen LogP contribution in [0.3, 0.4) is 0 Å². The second kappa shape index (κ2) is 8.80. The molecule has 7 aromatic carbocycles. The minimum atomic E-state index is -0.880. The number of benzene rings is 7. The van der Waals surface area contributed by atoms with Crippen molar-refractivity contribution in [2.24, 2.45) is 0 Å². The van der Waals surface area contributed by atoms with Gasteiger partial charge in [0.2, 0.25) is 0 Å². The van der Waals surface area contributed by atoms with Crippen LogP contribution >= 0.6 is 7.92 Å². The molecule has 41 heavy (non-hydrogen) atoms. The molecule has 0 atom stereocenters. The molecule has 0 amide bonds. The predicted octanol–water partition coefficient (Wildman–Crippen LogP) is 9.30. The lowest BCUT2D eigenvalue weighted by molar-refractivity contribution is 0.472. The monoisotopic (exact) mass is 542 g/mol. The van der Waals surface area contributed by atoms with E-state index in [0.29, 0.717) is 0 Å². The zero-order valence-corrected chi connectivity index (χ0v) is 22.9. The zero-order chi connectivity index (χ0) is 26.9. The summed E-state index contributed by atoms with van der Waals surface area (Å²) in [5.74, 6) is 3.69. The van der Waals surface area contributed by atoms with Crippen molar-refractivity contribution in [1.82, 2.24) is 0 Å². The van der Waals surface area contributed by atoms with Crippen molar-refractivity contribution in [3.8, 4) is 45.3 Å². The van der Waals surface area contributed by atoms with Crippen molar-refractivity contribution in [2.45, 2.75) is 0 Å². The third-order valence-electron chi connectivity index (χ3n) is 8.21. The first-order valence-electron chi connectivity index (χ1n) is 13.9. The molecular weight excluding hydrogens is 519 g/mol. The fourth-order valence-corrected chi connectivity index (χ4v) is 8.93. The van der Waals surface area contributed by atoms with E-state index >= 15 is 0 Å². The highest BCUT2D eigenvalue weighted by Gasteiger charge is 2.38. The zero-order valence-electron chi connectivity index (χ0n) is 22.0. The minimum Gasteiger partial charge on any atom is -0.455 e. The topological polar surface area (TPSA) is 18.5 Å². The molecule has 0 aromatic heterocycles. The van der Waals surface area contributed by atoms with E-state index in [1.165, 1.54) is 32.5 Å². The van der Waals surface area contributed by atoms with Gasteiger partial charge >= 0.3 is 0 Å². The van der Waals surface area contributed by atoms with E-state index < -0.39 is 7.92 Å². The molecule has 0 aliphatic carbocycles. The van der Waals surface area contributed by atoms with Gasteiger partial charge in [0.25, 0.3) is 0 Å². The summed E-state index contributed by atoms with van der Waals surface area (Å²) in [6, 6.07) is 49.6. The molecule has 0 bridgehead atoms. The highest BCUT2D eigenvalue weighted by atomic mass is 31.1. The molecule has 0 fully saturated rings. The van der Waals surface area contributed by atoms with Crippen LogP contribution < -0.4 is 25.4 Å². The maximum absolute atomic E-state index is 6.88. The van der Waals surface area contributed by atoms with E-state index in [1.54, 1.807) is 0 Å². The Labute approximate surface area is 239 Å². The van der Waals surface area contributed by atoms with E-state index in [1.807, 2.05) is 0 Å². The molecule has 3 heteroatoms. The predicted molar refractivity (Wildman–Crippen MR) is 171 cm³/mol. The van der Waals surface area contributed by atoms with Gasteiger partial charge in [0, 0.05) is 29.3 Å². The smallest absolute Gasteiger partial charge is 0.143 e. The number of hydrogen-bond donors (Lipinski definition) is 0. The lowest BCUT2D eigenvalue weighted by Crippen LogP contribution is -2.32. The standard InChI is InChI=1S/C38H23O2P/c1-2-10-24(11-3-1)28-14-8-9-15-29(28)27-22-32-38-33(23-27)40-37-31-17-7-5-13-26(31)19-21-35(37)41(38)34-20-18-25-12-4-6-16-30(25)36(34)39-32/h1-23H. The van der Waals surface area contributed by atoms with Crippen LogP contribution in [0.5, 0.6) is 23.0 Å². The van der Waals surface area contributed by atoms with Gasteiger partial charge in [-0.2, -0.15) is 0 Å². The Kier molecular flexibility index (Phi) is 4.90. The van der Waals surface area contributed by atoms with Gasteiger partial charge in [-0.1, -0.05) is 115 Å². The van der Waals surface area contributed by atoms with Crippen LogP contribution in [0.15, 0.2) is 140 Å². The Hall–Kier alpha value is -4.91. The largest absolute Gasteiger partial charge is 0.455 e. The molecule has 2 aliphatic rings. The maximum atomic E-state index is 6.88. The second-order valence-electron chi connectivity index (χ2n) is 10.5. The van der Waals surface area contributed by atoms with E-state index in [2.05, 4.69) is 140 Å². The lowest BCUT2D eigenvalue weighted by atomic mass is 9.94. The van der Waals surface area contributed by atoms with Crippen LogP contribution in [0.4, 0.5) is 0 Å². The number of hydrogen-bond acceptors (Lipinski definition) is 2. The SMILES string of the molecule is c1ccc(-c2ccccc2-c2cc3c4c(c2)Oc2c(ccc5ccccc25)P4c2ccc4ccccc4c2O3)cc1. The molecule has 0 radical (unpaired) electrons. The van der Waals surface area contributed by atoms with Crippen LogP contribution in [0.2, 0.25) is 0 Å². The second-order valence-corrected chi connectivity index (χ2v) is 12.6. The number of rotatable bonds is 2. The van der Waals surface area contributed by atoms with Gasteiger partial charge in [-0.25, -0.2) is 0 Å². The van der Waals surface area contributed by atoms with Crippen LogP contribution in [-0.2, 0) is 0 Å². The van der Waals surface area contributed by atoms with E-state index in [4.69, 9.17) is 9.47 Å². The van der Waals surface area contributed by atoms with Crippen molar-refractivity contribution in [3.05, 3.63) is 140 Å². The van der Waals surface area contributed by atoms with E-state index in [9.17, 15) is 0 Å². The molecule has 0 N–H and O–H groups in total. The molecule has 9 rings (SSSR count). The molecule has 0 saturated heterocycles. The van der Waals surface area contributed by atoms with Gasteiger partial charge in [-0.3, -0.25) is 0 Å².